The summed E-state index contributed by atoms with van der Waals surface area (Å²) in [6, 6.07) is 88.0. The molecule has 2 atom stereocenters. The van der Waals surface area contributed by atoms with Crippen molar-refractivity contribution in [3.63, 3.8) is 0 Å². The van der Waals surface area contributed by atoms with Gasteiger partial charge >= 0.3 is 0 Å². The van der Waals surface area contributed by atoms with Crippen LogP contribution in [0.5, 0.6) is 0 Å². The molecule has 14 aromatic carbocycles. The highest BCUT2D eigenvalue weighted by Crippen LogP contribution is 2.58. The van der Waals surface area contributed by atoms with E-state index in [-0.39, 0.29) is 59.5 Å². The Hall–Kier alpha value is -11.3. The van der Waals surface area contributed by atoms with E-state index in [1.165, 1.54) is 0 Å². The smallest absolute Gasteiger partial charge is 0.0626 e. The van der Waals surface area contributed by atoms with Gasteiger partial charge in [-0.3, -0.25) is 0 Å². The number of para-hydroxylation sites is 2. The van der Waals surface area contributed by atoms with E-state index < -0.39 is 22.9 Å². The van der Waals surface area contributed by atoms with E-state index in [1.54, 1.807) is 12.2 Å². The van der Waals surface area contributed by atoms with Crippen molar-refractivity contribution in [1.29, 1.82) is 0 Å². The maximum absolute atomic E-state index is 9.72. The van der Waals surface area contributed by atoms with Crippen molar-refractivity contribution >= 4 is 67.8 Å². The van der Waals surface area contributed by atoms with E-state index in [9.17, 15) is 5.48 Å². The van der Waals surface area contributed by atoms with E-state index in [2.05, 4.69) is 169 Å². The highest BCUT2D eigenvalue weighted by Gasteiger charge is 2.47. The van der Waals surface area contributed by atoms with Gasteiger partial charge in [-0.15, -0.1) is 0 Å². The molecule has 0 saturated carbocycles. The number of hydrogen-bond acceptors (Lipinski definition) is 2. The van der Waals surface area contributed by atoms with Gasteiger partial charge in [-0.25, -0.2) is 0 Å². The first kappa shape index (κ1) is 44.2. The second kappa shape index (κ2) is 22.4. The van der Waals surface area contributed by atoms with Crippen LogP contribution in [0, 0.1) is 0 Å². The molecule has 2 aliphatic rings. The minimum absolute atomic E-state index is 0.218. The first-order chi connectivity index (χ1) is 48.7. The van der Waals surface area contributed by atoms with Crippen LogP contribution < -0.4 is 9.80 Å². The minimum atomic E-state index is -1.24. The monoisotopic (exact) mass is 1160 g/mol. The number of fused-ring (bicyclic) bond motifs is 8. The van der Waals surface area contributed by atoms with Gasteiger partial charge in [0.25, 0.3) is 0 Å². The van der Waals surface area contributed by atoms with Gasteiger partial charge in [-0.2, -0.15) is 0 Å². The summed E-state index contributed by atoms with van der Waals surface area (Å²) in [5.41, 5.74) is 16.0. The van der Waals surface area contributed by atoms with Crippen molar-refractivity contribution in [3.8, 4) is 33.4 Å². The van der Waals surface area contributed by atoms with E-state index in [4.69, 9.17) is 8.22 Å². The van der Waals surface area contributed by atoms with Crippen LogP contribution in [0.2, 0.25) is 0 Å². The Morgan fingerprint density at radius 2 is 0.644 bits per heavy atom. The zero-order valence-corrected chi connectivity index (χ0v) is 49.3. The van der Waals surface area contributed by atoms with Crippen LogP contribution in [0.15, 0.2) is 341 Å². The number of benzene rings is 14. The fraction of sp³-hybridized carbons (Fsp3) is 0.0455. The lowest BCUT2D eigenvalue weighted by molar-refractivity contribution is 0.629. The summed E-state index contributed by atoms with van der Waals surface area (Å²) < 4.78 is 92.8. The molecule has 90 heavy (non-hydrogen) atoms. The summed E-state index contributed by atoms with van der Waals surface area (Å²) in [6.45, 7) is 8.00. The van der Waals surface area contributed by atoms with E-state index in [1.807, 2.05) is 121 Å². The lowest BCUT2D eigenvalue weighted by Crippen LogP contribution is -2.30. The summed E-state index contributed by atoms with van der Waals surface area (Å²) in [4.78, 5) is 4.53. The SMILES string of the molecule is [2H]c1c([2H])c([2H])c(C2(Cc3ccc(C=C)cc3)c3ccccc3-c3ccc(N(c4ccccc4)c4ccc(-c5ccc(N(c6ccccc6)c6ccc7c(c6)C(Cc6ccc(C=C)cc6)(c6c([2H])c([2H])c([2H])c([2H])c6[2H])c6ccccc6-7)c6ccccc56)c5ccccc45)cc32)c([2H])c1[2H]. The maximum atomic E-state index is 9.72. The fourth-order valence-electron chi connectivity index (χ4n) is 14.6. The normalized spacial score (nSPS) is 16.7. The Morgan fingerprint density at radius 3 is 1.04 bits per heavy atom. The van der Waals surface area contributed by atoms with Gasteiger partial charge in [-0.1, -0.05) is 292 Å². The molecule has 0 amide bonds. The van der Waals surface area contributed by atoms with Gasteiger partial charge < -0.3 is 9.80 Å². The second-order valence-electron chi connectivity index (χ2n) is 23.3. The molecule has 0 spiro atoms. The van der Waals surface area contributed by atoms with Gasteiger partial charge in [0.2, 0.25) is 0 Å². The largest absolute Gasteiger partial charge is 0.310 e. The molecule has 0 saturated heterocycles. The molecular formula is C88H64N2. The van der Waals surface area contributed by atoms with Crippen molar-refractivity contribution in [3.05, 3.63) is 396 Å². The maximum Gasteiger partial charge on any atom is 0.0626 e. The summed E-state index contributed by atoms with van der Waals surface area (Å²) >= 11 is 0. The Labute approximate surface area is 542 Å². The van der Waals surface area contributed by atoms with Crippen molar-refractivity contribution in [2.24, 2.45) is 0 Å². The highest BCUT2D eigenvalue weighted by atomic mass is 15.1. The van der Waals surface area contributed by atoms with Crippen LogP contribution in [-0.2, 0) is 23.7 Å². The van der Waals surface area contributed by atoms with Crippen LogP contribution in [0.1, 0.15) is 69.3 Å². The van der Waals surface area contributed by atoms with E-state index >= 15 is 0 Å². The van der Waals surface area contributed by atoms with Crippen LogP contribution >= 0.6 is 0 Å². The summed E-state index contributed by atoms with van der Waals surface area (Å²) in [6.07, 6.45) is 4.18. The summed E-state index contributed by atoms with van der Waals surface area (Å²) in [5.74, 6) is 0. The van der Waals surface area contributed by atoms with Crippen molar-refractivity contribution < 1.29 is 13.7 Å². The molecule has 2 heteroatoms. The Balaban J connectivity index is 0.872. The van der Waals surface area contributed by atoms with Gasteiger partial charge in [0.1, 0.15) is 0 Å². The highest BCUT2D eigenvalue weighted by molar-refractivity contribution is 6.13. The van der Waals surface area contributed by atoms with Crippen molar-refractivity contribution in [2.45, 2.75) is 23.7 Å². The molecule has 16 rings (SSSR count). The van der Waals surface area contributed by atoms with Crippen molar-refractivity contribution in [2.75, 3.05) is 9.80 Å². The van der Waals surface area contributed by atoms with Crippen molar-refractivity contribution in [1.82, 2.24) is 0 Å². The average Bonchev–Trinajstić information content (AvgIpc) is 1.59. The average molecular weight is 1160 g/mol. The molecule has 0 aliphatic heterocycles. The second-order valence-corrected chi connectivity index (χ2v) is 23.3. The molecule has 14 aromatic rings. The first-order valence-electron chi connectivity index (χ1n) is 35.5. The number of anilines is 6. The third kappa shape index (κ3) is 8.86. The Bertz CT molecular complexity index is 5270. The number of rotatable bonds is 15. The third-order valence-corrected chi connectivity index (χ3v) is 18.6. The predicted molar refractivity (Wildman–Crippen MR) is 380 cm³/mol. The molecular weight excluding hydrogens is 1080 g/mol. The first-order valence-corrected chi connectivity index (χ1v) is 30.5. The minimum Gasteiger partial charge on any atom is -0.310 e. The van der Waals surface area contributed by atoms with Crippen LogP contribution in [-0.4, -0.2) is 0 Å². The molecule has 2 unspecified atom stereocenters. The molecule has 0 N–H and O–H groups in total. The quantitative estimate of drug-likeness (QED) is 0.101. The topological polar surface area (TPSA) is 6.48 Å². The molecule has 0 bridgehead atoms. The van der Waals surface area contributed by atoms with Crippen LogP contribution in [0.25, 0.3) is 67.1 Å². The van der Waals surface area contributed by atoms with Gasteiger partial charge in [0, 0.05) is 33.5 Å². The third-order valence-electron chi connectivity index (χ3n) is 18.6. The lowest BCUT2D eigenvalue weighted by atomic mass is 9.68. The lowest BCUT2D eigenvalue weighted by Gasteiger charge is -2.35. The molecule has 0 heterocycles. The zero-order chi connectivity index (χ0) is 68.9. The standard InChI is InChI=1S/C88H64N2/c1-3-61-41-45-63(46-42-61)59-87(65-25-9-5-10-26-65)81-39-23-21-35-75(81)77-51-49-69(57-83(77)87)89(67-29-13-7-14-30-67)85-55-53-73(71-33-17-19-37-79(71)85)74-54-56-86(80-38-20-18-34-72(74)80)90(68-31-15-8-16-32-68)70-50-52-78-76-36-22-24-40-82(76)88(84(78)58-70,66-27-11-6-12-28-66)60-64-47-43-62(4-2)44-48-64/h3-58H,1-2,59-60H2/i5D,6D,9D,10D,11D,12D,25D,26D,27D,28D. The molecule has 426 valence electrons. The molecule has 0 radical (unpaired) electrons. The Morgan fingerprint density at radius 1 is 0.300 bits per heavy atom. The molecule has 2 aliphatic carbocycles. The summed E-state index contributed by atoms with van der Waals surface area (Å²) in [7, 11) is 0. The van der Waals surface area contributed by atoms with Gasteiger partial charge in [0.15, 0.2) is 0 Å². The predicted octanol–water partition coefficient (Wildman–Crippen LogP) is 23.0. The van der Waals surface area contributed by atoms with E-state index in [0.717, 1.165) is 134 Å². The summed E-state index contributed by atoms with van der Waals surface area (Å²) in [5, 5.41) is 3.96. The van der Waals surface area contributed by atoms with Gasteiger partial charge in [-0.05, 0) is 173 Å². The molecule has 0 fully saturated rings. The number of hydrogen-bond donors (Lipinski definition) is 0. The molecule has 2 nitrogen and oxygen atoms in total. The van der Waals surface area contributed by atoms with Gasteiger partial charge in [0.05, 0.1) is 35.9 Å². The number of nitrogens with zero attached hydrogens (tertiary/aromatic N) is 2. The van der Waals surface area contributed by atoms with Crippen LogP contribution in [0.3, 0.4) is 0 Å². The fourth-order valence-corrected chi connectivity index (χ4v) is 14.6. The van der Waals surface area contributed by atoms with Crippen LogP contribution in [0.4, 0.5) is 34.1 Å². The molecule has 0 aromatic heterocycles. The Kier molecular flexibility index (Phi) is 11.0. The zero-order valence-electron chi connectivity index (χ0n) is 59.3. The van der Waals surface area contributed by atoms with E-state index in [0.29, 0.717) is 12.8 Å².